The highest BCUT2D eigenvalue weighted by Gasteiger charge is 2.00. The lowest BCUT2D eigenvalue weighted by atomic mass is 10.8. The molecule has 0 fully saturated rings. The molecule has 0 radical (unpaired) electrons. The highest BCUT2D eigenvalue weighted by Crippen LogP contribution is 2.25. The van der Waals surface area contributed by atoms with Gasteiger partial charge >= 0.3 is 7.82 Å². The first-order valence-corrected chi connectivity index (χ1v) is 4.14. The van der Waals surface area contributed by atoms with Crippen molar-refractivity contribution in [3.8, 4) is 0 Å². The van der Waals surface area contributed by atoms with Gasteiger partial charge in [0.25, 0.3) is 0 Å². The summed E-state index contributed by atoms with van der Waals surface area (Å²) in [6.45, 7) is 0. The van der Waals surface area contributed by atoms with Gasteiger partial charge in [-0.15, -0.1) is 12.4 Å². The summed E-state index contributed by atoms with van der Waals surface area (Å²) in [6, 6.07) is 0. The third kappa shape index (κ3) is 5590. The van der Waals surface area contributed by atoms with Gasteiger partial charge in [-0.2, -0.15) is 0 Å². The van der Waals surface area contributed by atoms with E-state index in [-0.39, 0.29) is 12.4 Å². The molecular weight excluding hydrogens is 192 g/mol. The second kappa shape index (κ2) is 5.94. The van der Waals surface area contributed by atoms with Crippen molar-refractivity contribution in [2.45, 2.75) is 0 Å². The highest BCUT2D eigenvalue weighted by molar-refractivity contribution is 7.45. The van der Waals surface area contributed by atoms with Crippen molar-refractivity contribution in [3.05, 3.63) is 0 Å². The maximum atomic E-state index is 8.88. The second-order valence-corrected chi connectivity index (χ2v) is 4.22. The summed E-state index contributed by atoms with van der Waals surface area (Å²) in [5, 5.41) is 0. The summed E-state index contributed by atoms with van der Waals surface area (Å²) < 4.78 is 9.88. The van der Waals surface area contributed by atoms with Crippen LogP contribution in [0.15, 0.2) is 0 Å². The number of phosphoric acid groups is 1. The van der Waals surface area contributed by atoms with Crippen molar-refractivity contribution in [2.24, 2.45) is 0 Å². The number of rotatable bonds is 0. The molecule has 0 rings (SSSR count). The number of hydrogen-bond donors (Lipinski definition) is 3. The fraction of sp³-hybridized carbons (Fsp3) is 1.00. The van der Waals surface area contributed by atoms with Crippen molar-refractivity contribution < 1.29 is 23.7 Å². The summed E-state index contributed by atoms with van der Waals surface area (Å²) in [7, 11) is 3.86. The SMILES string of the molecule is C[N+](C)(C)C.Cl.O=P(O)(O)O. The summed E-state index contributed by atoms with van der Waals surface area (Å²) in [5.74, 6) is 0. The van der Waals surface area contributed by atoms with E-state index in [0.29, 0.717) is 0 Å². The molecule has 0 aliphatic rings. The lowest BCUT2D eigenvalue weighted by Gasteiger charge is -2.14. The zero-order chi connectivity index (χ0) is 9.00. The van der Waals surface area contributed by atoms with E-state index in [1.165, 1.54) is 0 Å². The average molecular weight is 209 g/mol. The van der Waals surface area contributed by atoms with Crippen LogP contribution in [0.3, 0.4) is 0 Å². The molecule has 0 aromatic rings. The Labute approximate surface area is 72.9 Å². The van der Waals surface area contributed by atoms with E-state index in [4.69, 9.17) is 19.2 Å². The molecule has 0 aliphatic heterocycles. The molecule has 72 valence electrons. The molecule has 3 N–H and O–H groups in total. The zero-order valence-corrected chi connectivity index (χ0v) is 8.76. The topological polar surface area (TPSA) is 77.8 Å². The molecule has 7 heteroatoms. The van der Waals surface area contributed by atoms with Crippen LogP contribution in [0.4, 0.5) is 0 Å². The van der Waals surface area contributed by atoms with Crippen LogP contribution < -0.4 is 0 Å². The Hall–Kier alpha value is 0.360. The Kier molecular flexibility index (Phi) is 9.42. The van der Waals surface area contributed by atoms with Crippen LogP contribution >= 0.6 is 20.2 Å². The number of quaternary nitrogens is 1. The predicted molar refractivity (Wildman–Crippen MR) is 45.5 cm³/mol. The fourth-order valence-corrected chi connectivity index (χ4v) is 0. The van der Waals surface area contributed by atoms with E-state index >= 15 is 0 Å². The minimum absolute atomic E-state index is 0. The van der Waals surface area contributed by atoms with Crippen LogP contribution in [0, 0.1) is 0 Å². The van der Waals surface area contributed by atoms with E-state index in [9.17, 15) is 0 Å². The van der Waals surface area contributed by atoms with Gasteiger partial charge in [0.15, 0.2) is 0 Å². The van der Waals surface area contributed by atoms with E-state index in [0.717, 1.165) is 4.48 Å². The molecule has 0 saturated heterocycles. The normalized spacial score (nSPS) is 10.8. The van der Waals surface area contributed by atoms with Crippen molar-refractivity contribution in [1.82, 2.24) is 0 Å². The molecule has 0 unspecified atom stereocenters. The first kappa shape index (κ1) is 17.4. The third-order valence-electron chi connectivity index (χ3n) is 0. The third-order valence-corrected chi connectivity index (χ3v) is 0. The Morgan fingerprint density at radius 1 is 1.00 bits per heavy atom. The number of halogens is 1. The zero-order valence-electron chi connectivity index (χ0n) is 7.05. The van der Waals surface area contributed by atoms with Gasteiger partial charge < -0.3 is 19.2 Å². The van der Waals surface area contributed by atoms with E-state index in [1.807, 2.05) is 0 Å². The molecule has 0 atom stereocenters. The molecule has 0 aromatic heterocycles. The van der Waals surface area contributed by atoms with Crippen molar-refractivity contribution in [1.29, 1.82) is 0 Å². The Balaban J connectivity index is -0.000000107. The summed E-state index contributed by atoms with van der Waals surface area (Å²) >= 11 is 0. The summed E-state index contributed by atoms with van der Waals surface area (Å²) in [5.41, 5.74) is 0. The Morgan fingerprint density at radius 2 is 1.00 bits per heavy atom. The predicted octanol–water partition coefficient (Wildman–Crippen LogP) is -0.184. The smallest absolute Gasteiger partial charge is 0.333 e. The van der Waals surface area contributed by atoms with Crippen molar-refractivity contribution in [3.63, 3.8) is 0 Å². The first-order chi connectivity index (χ1) is 4.00. The van der Waals surface area contributed by atoms with Crippen LogP contribution in [0.2, 0.25) is 0 Å². The van der Waals surface area contributed by atoms with Gasteiger partial charge in [-0.25, -0.2) is 4.57 Å². The van der Waals surface area contributed by atoms with Gasteiger partial charge in [0, 0.05) is 0 Å². The summed E-state index contributed by atoms with van der Waals surface area (Å²) in [6.07, 6.45) is 0. The lowest BCUT2D eigenvalue weighted by molar-refractivity contribution is -0.849. The molecule has 11 heavy (non-hydrogen) atoms. The molecule has 0 saturated carbocycles. The molecule has 0 amide bonds. The van der Waals surface area contributed by atoms with Crippen LogP contribution in [0.25, 0.3) is 0 Å². The lowest BCUT2D eigenvalue weighted by Crippen LogP contribution is -2.27. The van der Waals surface area contributed by atoms with Crippen LogP contribution in [-0.4, -0.2) is 47.4 Å². The van der Waals surface area contributed by atoms with Gasteiger partial charge in [-0.3, -0.25) is 0 Å². The van der Waals surface area contributed by atoms with Gasteiger partial charge in [-0.05, 0) is 0 Å². The molecule has 0 aromatic carbocycles. The minimum atomic E-state index is -4.64. The largest absolute Gasteiger partial charge is 0.466 e. The quantitative estimate of drug-likeness (QED) is 0.381. The first-order valence-electron chi connectivity index (χ1n) is 2.57. The van der Waals surface area contributed by atoms with Gasteiger partial charge in [0.05, 0.1) is 28.2 Å². The highest BCUT2D eigenvalue weighted by atomic mass is 35.5. The van der Waals surface area contributed by atoms with Crippen molar-refractivity contribution in [2.75, 3.05) is 28.2 Å². The minimum Gasteiger partial charge on any atom is -0.333 e. The van der Waals surface area contributed by atoms with Crippen molar-refractivity contribution >= 4 is 20.2 Å². The number of nitrogens with zero attached hydrogens (tertiary/aromatic N) is 1. The maximum absolute atomic E-state index is 8.88. The molecule has 5 nitrogen and oxygen atoms in total. The molecule has 0 heterocycles. The average Bonchev–Trinajstić information content (AvgIpc) is 1.12. The van der Waals surface area contributed by atoms with E-state index < -0.39 is 7.82 Å². The molecule has 0 spiro atoms. The second-order valence-electron chi connectivity index (χ2n) is 3.20. The monoisotopic (exact) mass is 208 g/mol. The fourth-order valence-electron chi connectivity index (χ4n) is 0. The Morgan fingerprint density at radius 3 is 1.00 bits per heavy atom. The standard InChI is InChI=1S/C4H12N.ClH.H3O4P/c1-5(2,3)4;;1-5(2,3)4/h1-4H3;1H;(H3,1,2,3,4)/q+1;;. The van der Waals surface area contributed by atoms with Gasteiger partial charge in [0.2, 0.25) is 0 Å². The molecular formula is C4H16ClNO4P+. The number of hydrogen-bond acceptors (Lipinski definition) is 1. The van der Waals surface area contributed by atoms with Gasteiger partial charge in [-0.1, -0.05) is 0 Å². The summed E-state index contributed by atoms with van der Waals surface area (Å²) in [4.78, 5) is 21.6. The van der Waals surface area contributed by atoms with E-state index in [2.05, 4.69) is 28.2 Å². The van der Waals surface area contributed by atoms with Crippen LogP contribution in [-0.2, 0) is 4.57 Å². The Bertz CT molecular complexity index is 114. The molecule has 0 aliphatic carbocycles. The van der Waals surface area contributed by atoms with E-state index in [1.54, 1.807) is 0 Å². The van der Waals surface area contributed by atoms with Crippen LogP contribution in [0.1, 0.15) is 0 Å². The maximum Gasteiger partial charge on any atom is 0.466 e. The van der Waals surface area contributed by atoms with Gasteiger partial charge in [0.1, 0.15) is 0 Å². The van der Waals surface area contributed by atoms with Crippen LogP contribution in [0.5, 0.6) is 0 Å². The molecule has 0 bridgehead atoms.